The number of hydrogen-bond donors (Lipinski definition) is 1. The summed E-state index contributed by atoms with van der Waals surface area (Å²) >= 11 is 0. The highest BCUT2D eigenvalue weighted by atomic mass is 16.5. The van der Waals surface area contributed by atoms with Gasteiger partial charge in [0.2, 0.25) is 0 Å². The molecule has 3 heteroatoms. The first-order chi connectivity index (χ1) is 11.7. The molecule has 1 heterocycles. The van der Waals surface area contributed by atoms with Gasteiger partial charge < -0.3 is 14.3 Å². The zero-order chi connectivity index (χ0) is 16.8. The second-order valence-corrected chi connectivity index (χ2v) is 7.10. The largest absolute Gasteiger partial charge is 0.491 e. The molecule has 0 saturated carbocycles. The van der Waals surface area contributed by atoms with Gasteiger partial charge in [-0.3, -0.25) is 0 Å². The van der Waals surface area contributed by atoms with E-state index in [9.17, 15) is 5.11 Å². The Morgan fingerprint density at radius 3 is 2.50 bits per heavy atom. The topological polar surface area (TPSA) is 29.5 Å². The van der Waals surface area contributed by atoms with E-state index < -0.39 is 6.10 Å². The van der Waals surface area contributed by atoms with E-state index in [1.54, 1.807) is 0 Å². The molecule has 3 nitrogen and oxygen atoms in total. The van der Waals surface area contributed by atoms with Crippen molar-refractivity contribution in [1.82, 2.24) is 0 Å². The summed E-state index contributed by atoms with van der Waals surface area (Å²) in [5.41, 5.74) is 2.53. The summed E-state index contributed by atoms with van der Waals surface area (Å²) < 4.78 is 6.77. The van der Waals surface area contributed by atoms with Gasteiger partial charge in [-0.1, -0.05) is 42.5 Å². The molecule has 24 heavy (non-hydrogen) atoms. The molecule has 1 fully saturated rings. The van der Waals surface area contributed by atoms with E-state index in [1.165, 1.54) is 24.0 Å². The van der Waals surface area contributed by atoms with E-state index in [0.717, 1.165) is 36.4 Å². The standard InChI is InChI=1S/C21H28NO2/c1-18-8-7-11-21(14-18)24-17-20(23)16-22(12-5-6-13-22)15-19-9-3-2-4-10-19/h2-4,7-11,14,20,23H,5-6,12-13,15-17H2,1H3/q+1/t20-/m1/s1. The highest BCUT2D eigenvalue weighted by Gasteiger charge is 2.34. The van der Waals surface area contributed by atoms with E-state index in [4.69, 9.17) is 4.74 Å². The number of aryl methyl sites for hydroxylation is 1. The molecule has 1 atom stereocenters. The van der Waals surface area contributed by atoms with Crippen LogP contribution in [0.4, 0.5) is 0 Å². The molecule has 0 aromatic heterocycles. The van der Waals surface area contributed by atoms with E-state index >= 15 is 0 Å². The van der Waals surface area contributed by atoms with E-state index in [0.29, 0.717) is 6.61 Å². The molecule has 2 aromatic rings. The Kier molecular flexibility index (Phi) is 5.54. The highest BCUT2D eigenvalue weighted by Crippen LogP contribution is 2.24. The average Bonchev–Trinajstić information content (AvgIpc) is 3.02. The Hall–Kier alpha value is -1.84. The number of hydrogen-bond acceptors (Lipinski definition) is 2. The van der Waals surface area contributed by atoms with Crippen LogP contribution in [0.25, 0.3) is 0 Å². The Labute approximate surface area is 145 Å². The van der Waals surface area contributed by atoms with Gasteiger partial charge in [0.25, 0.3) is 0 Å². The lowest BCUT2D eigenvalue weighted by Gasteiger charge is -2.36. The third-order valence-electron chi connectivity index (χ3n) is 4.91. The minimum Gasteiger partial charge on any atom is -0.491 e. The van der Waals surface area contributed by atoms with E-state index in [-0.39, 0.29) is 0 Å². The van der Waals surface area contributed by atoms with Crippen molar-refractivity contribution >= 4 is 0 Å². The van der Waals surface area contributed by atoms with Gasteiger partial charge in [0.1, 0.15) is 31.5 Å². The summed E-state index contributed by atoms with van der Waals surface area (Å²) in [4.78, 5) is 0. The van der Waals surface area contributed by atoms with Gasteiger partial charge in [-0.2, -0.15) is 0 Å². The minimum atomic E-state index is -0.438. The van der Waals surface area contributed by atoms with Crippen molar-refractivity contribution in [3.05, 3.63) is 65.7 Å². The third-order valence-corrected chi connectivity index (χ3v) is 4.91. The van der Waals surface area contributed by atoms with Crippen LogP contribution in [0.3, 0.4) is 0 Å². The summed E-state index contributed by atoms with van der Waals surface area (Å²) in [6.07, 6.45) is 2.06. The number of likely N-dealkylation sites (tertiary alicyclic amines) is 1. The Balaban J connectivity index is 1.58. The maximum absolute atomic E-state index is 10.5. The number of rotatable bonds is 7. The van der Waals surface area contributed by atoms with Crippen LogP contribution < -0.4 is 4.74 Å². The van der Waals surface area contributed by atoms with Crippen molar-refractivity contribution in [2.75, 3.05) is 26.2 Å². The maximum Gasteiger partial charge on any atom is 0.137 e. The SMILES string of the molecule is Cc1cccc(OC[C@H](O)C[N+]2(Cc3ccccc3)CCCC2)c1. The maximum atomic E-state index is 10.5. The molecule has 1 N–H and O–H groups in total. The third kappa shape index (κ3) is 4.59. The fourth-order valence-electron chi connectivity index (χ4n) is 3.78. The summed E-state index contributed by atoms with van der Waals surface area (Å²) in [6, 6.07) is 18.6. The fraction of sp³-hybridized carbons (Fsp3) is 0.429. The van der Waals surface area contributed by atoms with Crippen LogP contribution in [0.5, 0.6) is 5.75 Å². The summed E-state index contributed by atoms with van der Waals surface area (Å²) in [5, 5.41) is 10.5. The Morgan fingerprint density at radius 2 is 1.79 bits per heavy atom. The molecule has 0 aliphatic carbocycles. The highest BCUT2D eigenvalue weighted by molar-refractivity contribution is 5.27. The Bertz CT molecular complexity index is 635. The first-order valence-corrected chi connectivity index (χ1v) is 8.92. The molecule has 3 rings (SSSR count). The number of benzene rings is 2. The number of aliphatic hydroxyl groups excluding tert-OH is 1. The normalized spacial score (nSPS) is 17.6. The van der Waals surface area contributed by atoms with Crippen LogP contribution in [0, 0.1) is 6.92 Å². The van der Waals surface area contributed by atoms with Crippen molar-refractivity contribution in [3.63, 3.8) is 0 Å². The lowest BCUT2D eigenvalue weighted by Crippen LogP contribution is -2.50. The molecule has 2 aromatic carbocycles. The number of ether oxygens (including phenoxy) is 1. The van der Waals surface area contributed by atoms with Crippen molar-refractivity contribution < 1.29 is 14.3 Å². The molecule has 1 aliphatic rings. The van der Waals surface area contributed by atoms with Crippen LogP contribution in [-0.4, -0.2) is 41.9 Å². The first-order valence-electron chi connectivity index (χ1n) is 8.92. The van der Waals surface area contributed by atoms with Gasteiger partial charge in [-0.05, 0) is 24.6 Å². The van der Waals surface area contributed by atoms with E-state index in [1.807, 2.05) is 31.2 Å². The molecule has 1 saturated heterocycles. The van der Waals surface area contributed by atoms with Crippen LogP contribution in [0.15, 0.2) is 54.6 Å². The summed E-state index contributed by atoms with van der Waals surface area (Å²) in [5.74, 6) is 0.838. The van der Waals surface area contributed by atoms with Gasteiger partial charge in [-0.25, -0.2) is 0 Å². The lowest BCUT2D eigenvalue weighted by atomic mass is 10.1. The molecule has 0 unspecified atom stereocenters. The number of aliphatic hydroxyl groups is 1. The van der Waals surface area contributed by atoms with E-state index in [2.05, 4.69) is 30.3 Å². The van der Waals surface area contributed by atoms with Crippen LogP contribution in [0.1, 0.15) is 24.0 Å². The molecular formula is C21H28NO2+. The van der Waals surface area contributed by atoms with Gasteiger partial charge in [-0.15, -0.1) is 0 Å². The van der Waals surface area contributed by atoms with Gasteiger partial charge >= 0.3 is 0 Å². The van der Waals surface area contributed by atoms with Crippen molar-refractivity contribution in [2.45, 2.75) is 32.4 Å². The smallest absolute Gasteiger partial charge is 0.137 e. The van der Waals surface area contributed by atoms with Crippen LogP contribution in [-0.2, 0) is 6.54 Å². The number of nitrogens with zero attached hydrogens (tertiary/aromatic N) is 1. The van der Waals surface area contributed by atoms with Crippen molar-refractivity contribution in [1.29, 1.82) is 0 Å². The first kappa shape index (κ1) is 17.0. The second kappa shape index (κ2) is 7.82. The molecule has 0 amide bonds. The van der Waals surface area contributed by atoms with Crippen LogP contribution >= 0.6 is 0 Å². The quantitative estimate of drug-likeness (QED) is 0.789. The monoisotopic (exact) mass is 326 g/mol. The minimum absolute atomic E-state index is 0.359. The molecule has 0 bridgehead atoms. The average molecular weight is 326 g/mol. The predicted molar refractivity (Wildman–Crippen MR) is 96.9 cm³/mol. The van der Waals surface area contributed by atoms with Gasteiger partial charge in [0, 0.05) is 18.4 Å². The van der Waals surface area contributed by atoms with Crippen LogP contribution in [0.2, 0.25) is 0 Å². The molecule has 0 radical (unpaired) electrons. The summed E-state index contributed by atoms with van der Waals surface area (Å²) in [6.45, 7) is 6.47. The predicted octanol–water partition coefficient (Wildman–Crippen LogP) is 3.55. The zero-order valence-electron chi connectivity index (χ0n) is 14.5. The molecular weight excluding hydrogens is 298 g/mol. The molecule has 0 spiro atoms. The summed E-state index contributed by atoms with van der Waals surface area (Å²) in [7, 11) is 0. The van der Waals surface area contributed by atoms with Gasteiger partial charge in [0.15, 0.2) is 0 Å². The molecule has 128 valence electrons. The van der Waals surface area contributed by atoms with Crippen molar-refractivity contribution in [2.24, 2.45) is 0 Å². The lowest BCUT2D eigenvalue weighted by molar-refractivity contribution is -0.932. The zero-order valence-corrected chi connectivity index (χ0v) is 14.5. The van der Waals surface area contributed by atoms with Crippen molar-refractivity contribution in [3.8, 4) is 5.75 Å². The number of quaternary nitrogens is 1. The molecule has 1 aliphatic heterocycles. The van der Waals surface area contributed by atoms with Gasteiger partial charge in [0.05, 0.1) is 13.1 Å². The fourth-order valence-corrected chi connectivity index (χ4v) is 3.78. The Morgan fingerprint density at radius 1 is 1.04 bits per heavy atom. The second-order valence-electron chi connectivity index (χ2n) is 7.10.